The van der Waals surface area contributed by atoms with Gasteiger partial charge >= 0.3 is 0 Å². The molecule has 5 rings (SSSR count). The number of piperidine rings is 1. The first-order valence-electron chi connectivity index (χ1n) is 11.7. The van der Waals surface area contributed by atoms with Gasteiger partial charge in [0, 0.05) is 63.2 Å². The Morgan fingerprint density at radius 1 is 0.909 bits per heavy atom. The van der Waals surface area contributed by atoms with Crippen LogP contribution in [-0.2, 0) is 24.0 Å². The fourth-order valence-electron chi connectivity index (χ4n) is 4.47. The molecule has 0 unspecified atom stereocenters. The summed E-state index contributed by atoms with van der Waals surface area (Å²) in [7, 11) is 1.80. The molecule has 0 amide bonds. The zero-order valence-corrected chi connectivity index (χ0v) is 19.3. The summed E-state index contributed by atoms with van der Waals surface area (Å²) in [4.78, 5) is 21.2. The van der Waals surface area contributed by atoms with Crippen molar-refractivity contribution in [1.29, 1.82) is 0 Å². The number of rotatable bonds is 7. The second-order valence-corrected chi connectivity index (χ2v) is 8.65. The number of anilines is 1. The Bertz CT molecular complexity index is 1230. The van der Waals surface area contributed by atoms with E-state index in [1.165, 1.54) is 11.1 Å². The van der Waals surface area contributed by atoms with E-state index in [4.69, 9.17) is 14.7 Å². The van der Waals surface area contributed by atoms with Crippen LogP contribution in [0.4, 0.5) is 5.82 Å². The number of nitrogens with zero attached hydrogens (tertiary/aromatic N) is 6. The Morgan fingerprint density at radius 2 is 1.79 bits per heavy atom. The summed E-state index contributed by atoms with van der Waals surface area (Å²) in [6.07, 6.45) is 12.4. The Labute approximate surface area is 194 Å². The van der Waals surface area contributed by atoms with Crippen molar-refractivity contribution in [2.45, 2.75) is 45.1 Å². The number of imidazole rings is 1. The smallest absolute Gasteiger partial charge is 0.136 e. The Kier molecular flexibility index (Phi) is 6.30. The molecular weight excluding hydrogens is 412 g/mol. The molecule has 170 valence electrons. The van der Waals surface area contributed by atoms with Gasteiger partial charge in [0.15, 0.2) is 0 Å². The number of hydrogen-bond acceptors (Lipinski definition) is 6. The molecule has 1 aliphatic rings. The summed E-state index contributed by atoms with van der Waals surface area (Å²) in [5.74, 6) is 1.82. The lowest BCUT2D eigenvalue weighted by molar-refractivity contribution is 0.0818. The van der Waals surface area contributed by atoms with Crippen molar-refractivity contribution in [3.05, 3.63) is 83.5 Å². The van der Waals surface area contributed by atoms with Crippen LogP contribution in [0.25, 0.3) is 5.65 Å². The highest BCUT2D eigenvalue weighted by Crippen LogP contribution is 2.22. The molecule has 4 aromatic rings. The van der Waals surface area contributed by atoms with Crippen LogP contribution in [0, 0.1) is 0 Å². The molecule has 0 N–H and O–H groups in total. The largest absolute Gasteiger partial charge is 0.381 e. The molecule has 0 radical (unpaired) electrons. The molecule has 4 aromatic heterocycles. The van der Waals surface area contributed by atoms with Gasteiger partial charge in [-0.3, -0.25) is 4.98 Å². The SMILES string of the molecule is CCc1ccnc(Cc2nc(Cc3ccn4ccnc4c3)cc(N3CCC(OC)CC3)n2)c1. The standard InChI is InChI=1S/C26H30N6O/c1-3-19-4-8-27-21(14-19)17-24-29-22(15-20-5-10-32-13-9-28-25(32)16-20)18-26(30-24)31-11-6-23(33-2)7-12-31/h4-5,8-10,13-14,16,18,23H,3,6-7,11-12,15,17H2,1-2H3. The summed E-state index contributed by atoms with van der Waals surface area (Å²) in [6.45, 7) is 4.05. The molecule has 0 atom stereocenters. The lowest BCUT2D eigenvalue weighted by Gasteiger charge is -2.32. The van der Waals surface area contributed by atoms with Gasteiger partial charge in [-0.05, 0) is 54.7 Å². The molecule has 0 bridgehead atoms. The minimum Gasteiger partial charge on any atom is -0.381 e. The zero-order chi connectivity index (χ0) is 22.6. The fraction of sp³-hybridized carbons (Fsp3) is 0.385. The van der Waals surface area contributed by atoms with Crippen LogP contribution in [0.5, 0.6) is 0 Å². The number of ether oxygens (including phenoxy) is 1. The molecule has 0 spiro atoms. The Hall–Kier alpha value is -3.32. The van der Waals surface area contributed by atoms with Crippen LogP contribution >= 0.6 is 0 Å². The van der Waals surface area contributed by atoms with Gasteiger partial charge in [-0.15, -0.1) is 0 Å². The van der Waals surface area contributed by atoms with Gasteiger partial charge in [-0.2, -0.15) is 0 Å². The molecular formula is C26H30N6O. The van der Waals surface area contributed by atoms with E-state index in [-0.39, 0.29) is 0 Å². The van der Waals surface area contributed by atoms with E-state index in [2.05, 4.69) is 58.3 Å². The monoisotopic (exact) mass is 442 g/mol. The van der Waals surface area contributed by atoms with E-state index in [9.17, 15) is 0 Å². The number of fused-ring (bicyclic) bond motifs is 1. The summed E-state index contributed by atoms with van der Waals surface area (Å²) in [6, 6.07) is 10.6. The van der Waals surface area contributed by atoms with E-state index in [1.807, 2.05) is 23.0 Å². The van der Waals surface area contributed by atoms with E-state index in [0.29, 0.717) is 12.5 Å². The Balaban J connectivity index is 1.45. The molecule has 7 heteroatoms. The number of methoxy groups -OCH3 is 1. The first-order chi connectivity index (χ1) is 16.2. The van der Waals surface area contributed by atoms with Gasteiger partial charge in [0.25, 0.3) is 0 Å². The van der Waals surface area contributed by atoms with Crippen molar-refractivity contribution < 1.29 is 4.74 Å². The molecule has 1 fully saturated rings. The maximum atomic E-state index is 5.56. The minimum atomic E-state index is 0.337. The van der Waals surface area contributed by atoms with E-state index >= 15 is 0 Å². The van der Waals surface area contributed by atoms with Gasteiger partial charge in [0.05, 0.1) is 18.2 Å². The van der Waals surface area contributed by atoms with Crippen LogP contribution in [-0.4, -0.2) is 50.6 Å². The van der Waals surface area contributed by atoms with Crippen LogP contribution in [0.1, 0.15) is 48.1 Å². The molecule has 33 heavy (non-hydrogen) atoms. The van der Waals surface area contributed by atoms with Crippen molar-refractivity contribution >= 4 is 11.5 Å². The molecule has 0 saturated carbocycles. The van der Waals surface area contributed by atoms with Crippen LogP contribution < -0.4 is 4.90 Å². The first kappa shape index (κ1) is 21.5. The normalized spacial score (nSPS) is 14.8. The van der Waals surface area contributed by atoms with Gasteiger partial charge < -0.3 is 14.0 Å². The summed E-state index contributed by atoms with van der Waals surface area (Å²) < 4.78 is 7.58. The van der Waals surface area contributed by atoms with Gasteiger partial charge in [0.2, 0.25) is 0 Å². The van der Waals surface area contributed by atoms with Crippen LogP contribution in [0.2, 0.25) is 0 Å². The summed E-state index contributed by atoms with van der Waals surface area (Å²) >= 11 is 0. The van der Waals surface area contributed by atoms with Crippen molar-refractivity contribution in [3.63, 3.8) is 0 Å². The molecule has 1 saturated heterocycles. The minimum absolute atomic E-state index is 0.337. The van der Waals surface area contributed by atoms with E-state index in [1.54, 1.807) is 7.11 Å². The first-order valence-corrected chi connectivity index (χ1v) is 11.7. The van der Waals surface area contributed by atoms with Crippen molar-refractivity contribution in [3.8, 4) is 0 Å². The quantitative estimate of drug-likeness (QED) is 0.433. The highest BCUT2D eigenvalue weighted by atomic mass is 16.5. The van der Waals surface area contributed by atoms with Gasteiger partial charge in [-0.1, -0.05) is 6.92 Å². The lowest BCUT2D eigenvalue weighted by Crippen LogP contribution is -2.37. The van der Waals surface area contributed by atoms with E-state index < -0.39 is 0 Å². The molecule has 0 aliphatic carbocycles. The van der Waals surface area contributed by atoms with Gasteiger partial charge in [0.1, 0.15) is 17.3 Å². The summed E-state index contributed by atoms with van der Waals surface area (Å²) in [5.41, 5.74) is 5.45. The molecule has 1 aliphatic heterocycles. The van der Waals surface area contributed by atoms with Crippen molar-refractivity contribution in [2.75, 3.05) is 25.1 Å². The number of pyridine rings is 2. The third-order valence-electron chi connectivity index (χ3n) is 6.39. The average Bonchev–Trinajstić information content (AvgIpc) is 3.32. The zero-order valence-electron chi connectivity index (χ0n) is 19.3. The van der Waals surface area contributed by atoms with Gasteiger partial charge in [-0.25, -0.2) is 15.0 Å². The molecule has 5 heterocycles. The summed E-state index contributed by atoms with van der Waals surface area (Å²) in [5, 5.41) is 0. The maximum absolute atomic E-state index is 5.56. The number of hydrogen-bond donors (Lipinski definition) is 0. The maximum Gasteiger partial charge on any atom is 0.136 e. The van der Waals surface area contributed by atoms with Crippen LogP contribution in [0.3, 0.4) is 0 Å². The second-order valence-electron chi connectivity index (χ2n) is 8.65. The average molecular weight is 443 g/mol. The highest BCUT2D eigenvalue weighted by Gasteiger charge is 2.21. The third-order valence-corrected chi connectivity index (χ3v) is 6.39. The van der Waals surface area contributed by atoms with Crippen molar-refractivity contribution in [2.24, 2.45) is 0 Å². The number of aryl methyl sites for hydroxylation is 1. The van der Waals surface area contributed by atoms with Crippen LogP contribution in [0.15, 0.2) is 55.1 Å². The predicted octanol–water partition coefficient (Wildman–Crippen LogP) is 3.88. The number of aromatic nitrogens is 5. The second kappa shape index (κ2) is 9.67. The third kappa shape index (κ3) is 5.03. The molecule has 7 nitrogen and oxygen atoms in total. The van der Waals surface area contributed by atoms with Crippen molar-refractivity contribution in [1.82, 2.24) is 24.3 Å². The topological polar surface area (TPSA) is 68.4 Å². The lowest BCUT2D eigenvalue weighted by atomic mass is 10.1. The molecule has 0 aromatic carbocycles. The Morgan fingerprint density at radius 3 is 2.61 bits per heavy atom. The highest BCUT2D eigenvalue weighted by molar-refractivity contribution is 5.45. The van der Waals surface area contributed by atoms with E-state index in [0.717, 1.165) is 67.5 Å². The predicted molar refractivity (Wildman–Crippen MR) is 129 cm³/mol. The fourth-order valence-corrected chi connectivity index (χ4v) is 4.47.